The van der Waals surface area contributed by atoms with E-state index in [9.17, 15) is 4.79 Å². The van der Waals surface area contributed by atoms with E-state index < -0.39 is 0 Å². The summed E-state index contributed by atoms with van der Waals surface area (Å²) in [4.78, 5) is 12.2. The van der Waals surface area contributed by atoms with Gasteiger partial charge in [0.05, 0.1) is 23.9 Å². The molecule has 1 N–H and O–H groups in total. The first-order valence-electron chi connectivity index (χ1n) is 6.08. The van der Waals surface area contributed by atoms with Crippen LogP contribution in [-0.4, -0.2) is 24.0 Å². The lowest BCUT2D eigenvalue weighted by atomic mass is 10.1. The number of nitrogens with one attached hydrogen (secondary N) is 1. The maximum absolute atomic E-state index is 12.2. The molecule has 0 bridgehead atoms. The number of aryl methyl sites for hydroxylation is 1. The van der Waals surface area contributed by atoms with Crippen LogP contribution in [0.4, 0.5) is 0 Å². The Morgan fingerprint density at radius 1 is 1.45 bits per heavy atom. The molecule has 1 aromatic heterocycles. The molecule has 6 heteroatoms. The maximum Gasteiger partial charge on any atom is 0.254 e. The molecule has 106 valence electrons. The number of methoxy groups -OCH3 is 1. The predicted octanol–water partition coefficient (Wildman–Crippen LogP) is 3.22. The molecular weight excluding hydrogens is 296 g/mol. The first-order chi connectivity index (χ1) is 9.61. The number of hydrogen-bond acceptors (Lipinski definition) is 4. The van der Waals surface area contributed by atoms with Gasteiger partial charge in [0.15, 0.2) is 0 Å². The van der Waals surface area contributed by atoms with E-state index in [0.29, 0.717) is 17.2 Å². The van der Waals surface area contributed by atoms with Crippen LogP contribution in [-0.2, 0) is 4.74 Å². The molecule has 0 saturated carbocycles. The Bertz CT molecular complexity index is 583. The third-order valence-electron chi connectivity index (χ3n) is 2.91. The Hall–Kier alpha value is -1.43. The second-order valence-corrected chi connectivity index (χ2v) is 5.41. The van der Waals surface area contributed by atoms with E-state index in [-0.39, 0.29) is 11.9 Å². The summed E-state index contributed by atoms with van der Waals surface area (Å²) in [5.74, 6) is -0.145. The number of halogens is 1. The minimum atomic E-state index is -0.218. The lowest BCUT2D eigenvalue weighted by Gasteiger charge is -2.18. The van der Waals surface area contributed by atoms with Crippen molar-refractivity contribution in [2.75, 3.05) is 13.7 Å². The number of amides is 1. The third kappa shape index (κ3) is 3.56. The molecule has 0 saturated heterocycles. The largest absolute Gasteiger partial charge is 0.382 e. The highest BCUT2D eigenvalue weighted by Crippen LogP contribution is 2.18. The van der Waals surface area contributed by atoms with Crippen molar-refractivity contribution >= 4 is 29.0 Å². The van der Waals surface area contributed by atoms with Gasteiger partial charge in [0.1, 0.15) is 0 Å². The van der Waals surface area contributed by atoms with Crippen molar-refractivity contribution in [2.24, 2.45) is 0 Å². The highest BCUT2D eigenvalue weighted by molar-refractivity contribution is 7.03. The Balaban J connectivity index is 2.15. The number of ether oxygens (including phenoxy) is 1. The van der Waals surface area contributed by atoms with Gasteiger partial charge in [-0.3, -0.25) is 4.79 Å². The molecule has 0 aliphatic rings. The van der Waals surface area contributed by atoms with Crippen LogP contribution in [0, 0.1) is 6.92 Å². The second-order valence-electron chi connectivity index (χ2n) is 4.35. The van der Waals surface area contributed by atoms with Gasteiger partial charge in [0.25, 0.3) is 5.91 Å². The summed E-state index contributed by atoms with van der Waals surface area (Å²) < 4.78 is 9.28. The zero-order valence-electron chi connectivity index (χ0n) is 11.2. The highest BCUT2D eigenvalue weighted by atomic mass is 35.5. The van der Waals surface area contributed by atoms with Crippen molar-refractivity contribution in [1.82, 2.24) is 9.69 Å². The highest BCUT2D eigenvalue weighted by Gasteiger charge is 2.18. The molecule has 1 atom stereocenters. The van der Waals surface area contributed by atoms with E-state index in [4.69, 9.17) is 16.3 Å². The number of benzene rings is 1. The van der Waals surface area contributed by atoms with Gasteiger partial charge in [0.2, 0.25) is 0 Å². The van der Waals surface area contributed by atoms with Crippen LogP contribution in [0.25, 0.3) is 0 Å². The Morgan fingerprint density at radius 2 is 2.15 bits per heavy atom. The van der Waals surface area contributed by atoms with Crippen LogP contribution in [0.3, 0.4) is 0 Å². The van der Waals surface area contributed by atoms with Gasteiger partial charge < -0.3 is 10.1 Å². The summed E-state index contributed by atoms with van der Waals surface area (Å²) in [5, 5.41) is 5.36. The molecule has 0 unspecified atom stereocenters. The number of nitrogens with zero attached hydrogens (tertiary/aromatic N) is 1. The van der Waals surface area contributed by atoms with E-state index in [0.717, 1.165) is 11.3 Å². The number of carbonyl (C=O) groups excluding carboxylic acids is 1. The van der Waals surface area contributed by atoms with Crippen LogP contribution < -0.4 is 5.32 Å². The van der Waals surface area contributed by atoms with Gasteiger partial charge >= 0.3 is 0 Å². The van der Waals surface area contributed by atoms with Gasteiger partial charge in [-0.25, -0.2) is 0 Å². The van der Waals surface area contributed by atoms with E-state index in [2.05, 4.69) is 9.69 Å². The Morgan fingerprint density at radius 3 is 2.70 bits per heavy atom. The smallest absolute Gasteiger partial charge is 0.254 e. The summed E-state index contributed by atoms with van der Waals surface area (Å²) in [6.45, 7) is 2.21. The molecule has 1 heterocycles. The molecule has 1 aromatic carbocycles. The van der Waals surface area contributed by atoms with E-state index in [1.54, 1.807) is 24.6 Å². The molecule has 2 aromatic rings. The predicted molar refractivity (Wildman–Crippen MR) is 80.4 cm³/mol. The normalized spacial score (nSPS) is 12.2. The fourth-order valence-electron chi connectivity index (χ4n) is 1.83. The average molecular weight is 311 g/mol. The average Bonchev–Trinajstić information content (AvgIpc) is 2.85. The number of hydrogen-bond donors (Lipinski definition) is 1. The van der Waals surface area contributed by atoms with Crippen molar-refractivity contribution in [3.8, 4) is 0 Å². The summed E-state index contributed by atoms with van der Waals surface area (Å²) >= 11 is 7.15. The minimum Gasteiger partial charge on any atom is -0.382 e. The quantitative estimate of drug-likeness (QED) is 0.922. The van der Waals surface area contributed by atoms with Gasteiger partial charge in [0, 0.05) is 17.5 Å². The van der Waals surface area contributed by atoms with Gasteiger partial charge in [-0.2, -0.15) is 4.37 Å². The fraction of sp³-hybridized carbons (Fsp3) is 0.286. The topological polar surface area (TPSA) is 51.2 Å². The molecule has 0 spiro atoms. The first kappa shape index (κ1) is 15.0. The van der Waals surface area contributed by atoms with Crippen molar-refractivity contribution < 1.29 is 9.53 Å². The van der Waals surface area contributed by atoms with E-state index in [1.807, 2.05) is 19.1 Å². The van der Waals surface area contributed by atoms with Crippen LogP contribution in [0.15, 0.2) is 29.6 Å². The third-order valence-corrected chi connectivity index (χ3v) is 3.88. The van der Waals surface area contributed by atoms with Crippen molar-refractivity contribution in [3.63, 3.8) is 0 Å². The van der Waals surface area contributed by atoms with Gasteiger partial charge in [-0.15, -0.1) is 0 Å². The lowest BCUT2D eigenvalue weighted by Crippen LogP contribution is -2.31. The van der Waals surface area contributed by atoms with Gasteiger partial charge in [-0.1, -0.05) is 23.7 Å². The summed E-state index contributed by atoms with van der Waals surface area (Å²) in [7, 11) is 1.60. The molecule has 20 heavy (non-hydrogen) atoms. The van der Waals surface area contributed by atoms with Crippen LogP contribution in [0.2, 0.25) is 5.02 Å². The van der Waals surface area contributed by atoms with E-state index >= 15 is 0 Å². The Kier molecular flexibility index (Phi) is 5.11. The number of carbonyl (C=O) groups is 1. The summed E-state index contributed by atoms with van der Waals surface area (Å²) in [6.07, 6.45) is 0. The SMILES string of the molecule is COC[C@@H](NC(=O)c1csnc1C)c1ccc(Cl)cc1. The monoisotopic (exact) mass is 310 g/mol. The van der Waals surface area contributed by atoms with Gasteiger partial charge in [-0.05, 0) is 36.2 Å². The molecule has 0 aliphatic heterocycles. The zero-order chi connectivity index (χ0) is 14.5. The molecule has 0 radical (unpaired) electrons. The second kappa shape index (κ2) is 6.83. The number of rotatable bonds is 5. The van der Waals surface area contributed by atoms with E-state index in [1.165, 1.54) is 11.5 Å². The lowest BCUT2D eigenvalue weighted by molar-refractivity contribution is 0.0896. The van der Waals surface area contributed by atoms with Crippen LogP contribution >= 0.6 is 23.1 Å². The first-order valence-corrected chi connectivity index (χ1v) is 7.29. The maximum atomic E-state index is 12.2. The summed E-state index contributed by atoms with van der Waals surface area (Å²) in [6, 6.07) is 7.13. The van der Waals surface area contributed by atoms with Crippen LogP contribution in [0.5, 0.6) is 0 Å². The fourth-order valence-corrected chi connectivity index (χ4v) is 2.65. The van der Waals surface area contributed by atoms with Crippen LogP contribution in [0.1, 0.15) is 27.7 Å². The molecule has 0 fully saturated rings. The summed E-state index contributed by atoms with van der Waals surface area (Å²) in [5.41, 5.74) is 2.29. The minimum absolute atomic E-state index is 0.145. The standard InChI is InChI=1S/C14H15ClN2O2S/c1-9-12(8-20-17-9)14(18)16-13(7-19-2)10-3-5-11(15)6-4-10/h3-6,8,13H,7H2,1-2H3,(H,16,18)/t13-/m1/s1. The molecule has 2 rings (SSSR count). The molecule has 1 amide bonds. The van der Waals surface area contributed by atoms with Crippen molar-refractivity contribution in [3.05, 3.63) is 51.5 Å². The molecular formula is C14H15ClN2O2S. The van der Waals surface area contributed by atoms with Crippen molar-refractivity contribution in [2.45, 2.75) is 13.0 Å². The zero-order valence-corrected chi connectivity index (χ0v) is 12.8. The Labute approximate surface area is 126 Å². The van der Waals surface area contributed by atoms with Crippen molar-refractivity contribution in [1.29, 1.82) is 0 Å². The molecule has 4 nitrogen and oxygen atoms in total. The number of aromatic nitrogens is 1. The molecule has 0 aliphatic carbocycles.